The third-order valence-electron chi connectivity index (χ3n) is 4.69. The first kappa shape index (κ1) is 18.3. The molecule has 1 aromatic heterocycles. The molecule has 2 rings (SSSR count). The Morgan fingerprint density at radius 1 is 1.04 bits per heavy atom. The van der Waals surface area contributed by atoms with Crippen LogP contribution in [0.3, 0.4) is 0 Å². The van der Waals surface area contributed by atoms with Crippen LogP contribution in [0.2, 0.25) is 0 Å². The maximum atomic E-state index is 4.65. The molecule has 3 nitrogen and oxygen atoms in total. The molecule has 2 heterocycles. The van der Waals surface area contributed by atoms with E-state index in [2.05, 4.69) is 82.3 Å². The Morgan fingerprint density at radius 3 is 2.09 bits per heavy atom. The Kier molecular flexibility index (Phi) is 5.10. The molecule has 0 spiro atoms. The Labute approximate surface area is 143 Å². The van der Waals surface area contributed by atoms with Crippen LogP contribution in [0.15, 0.2) is 18.3 Å². The maximum absolute atomic E-state index is 4.65. The fourth-order valence-corrected chi connectivity index (χ4v) is 3.46. The van der Waals surface area contributed by atoms with E-state index in [4.69, 9.17) is 0 Å². The van der Waals surface area contributed by atoms with Gasteiger partial charge in [-0.05, 0) is 42.4 Å². The van der Waals surface area contributed by atoms with Crippen LogP contribution in [0.1, 0.15) is 61.0 Å². The molecule has 0 unspecified atom stereocenters. The third kappa shape index (κ3) is 4.69. The fraction of sp³-hybridized carbons (Fsp3) is 0.750. The molecule has 0 aliphatic carbocycles. The molecular formula is C20H35N3. The van der Waals surface area contributed by atoms with Crippen molar-refractivity contribution in [2.24, 2.45) is 5.41 Å². The Morgan fingerprint density at radius 2 is 1.61 bits per heavy atom. The molecule has 0 aromatic carbocycles. The van der Waals surface area contributed by atoms with E-state index < -0.39 is 0 Å². The zero-order valence-electron chi connectivity index (χ0n) is 16.3. The Hall–Kier alpha value is -1.09. The smallest absolute Gasteiger partial charge is 0.128 e. The molecule has 1 aromatic rings. The van der Waals surface area contributed by atoms with Crippen molar-refractivity contribution < 1.29 is 0 Å². The van der Waals surface area contributed by atoms with Crippen LogP contribution >= 0.6 is 0 Å². The second kappa shape index (κ2) is 6.43. The van der Waals surface area contributed by atoms with Crippen molar-refractivity contribution >= 4 is 5.82 Å². The van der Waals surface area contributed by atoms with Gasteiger partial charge in [-0.15, -0.1) is 0 Å². The highest BCUT2D eigenvalue weighted by molar-refractivity contribution is 5.44. The van der Waals surface area contributed by atoms with Crippen molar-refractivity contribution in [1.29, 1.82) is 0 Å². The molecule has 23 heavy (non-hydrogen) atoms. The van der Waals surface area contributed by atoms with E-state index >= 15 is 0 Å². The number of rotatable bonds is 2. The average Bonchev–Trinajstić information content (AvgIpc) is 2.41. The summed E-state index contributed by atoms with van der Waals surface area (Å²) in [6.07, 6.45) is 1.97. The van der Waals surface area contributed by atoms with E-state index in [1.54, 1.807) is 0 Å². The minimum absolute atomic E-state index is 0.170. The summed E-state index contributed by atoms with van der Waals surface area (Å²) in [5, 5.41) is 0. The van der Waals surface area contributed by atoms with E-state index in [1.807, 2.05) is 6.20 Å². The number of anilines is 1. The second-order valence-corrected chi connectivity index (χ2v) is 9.49. The maximum Gasteiger partial charge on any atom is 0.128 e. The van der Waals surface area contributed by atoms with Gasteiger partial charge in [0, 0.05) is 37.9 Å². The highest BCUT2D eigenvalue weighted by atomic mass is 15.3. The number of pyridine rings is 1. The fourth-order valence-electron chi connectivity index (χ4n) is 3.46. The summed E-state index contributed by atoms with van der Waals surface area (Å²) in [5.74, 6) is 1.13. The highest BCUT2D eigenvalue weighted by Crippen LogP contribution is 2.28. The lowest BCUT2D eigenvalue weighted by Gasteiger charge is -2.47. The van der Waals surface area contributed by atoms with Gasteiger partial charge in [0.15, 0.2) is 0 Å². The summed E-state index contributed by atoms with van der Waals surface area (Å²) in [6, 6.07) is 5.53. The van der Waals surface area contributed by atoms with E-state index in [0.717, 1.165) is 25.5 Å². The van der Waals surface area contributed by atoms with Crippen LogP contribution in [-0.2, 0) is 5.41 Å². The number of hydrogen-bond donors (Lipinski definition) is 0. The molecule has 0 amide bonds. The van der Waals surface area contributed by atoms with Crippen molar-refractivity contribution in [2.45, 2.75) is 72.9 Å². The number of hydrogen-bond acceptors (Lipinski definition) is 3. The van der Waals surface area contributed by atoms with Crippen molar-refractivity contribution in [2.75, 3.05) is 24.5 Å². The third-order valence-corrected chi connectivity index (χ3v) is 4.69. The Bertz CT molecular complexity index is 512. The number of nitrogens with zero attached hydrogens (tertiary/aromatic N) is 3. The van der Waals surface area contributed by atoms with Crippen LogP contribution in [0, 0.1) is 5.41 Å². The van der Waals surface area contributed by atoms with Gasteiger partial charge in [-0.2, -0.15) is 0 Å². The van der Waals surface area contributed by atoms with Gasteiger partial charge in [-0.25, -0.2) is 4.98 Å². The molecule has 1 aliphatic heterocycles. The topological polar surface area (TPSA) is 19.4 Å². The molecule has 0 N–H and O–H groups in total. The number of piperazine rings is 1. The molecule has 3 heteroatoms. The first-order valence-corrected chi connectivity index (χ1v) is 8.94. The minimum Gasteiger partial charge on any atom is -0.353 e. The van der Waals surface area contributed by atoms with Gasteiger partial charge in [0.25, 0.3) is 0 Å². The normalized spacial score (nSPS) is 24.1. The lowest BCUT2D eigenvalue weighted by atomic mass is 9.87. The molecule has 1 fully saturated rings. The summed E-state index contributed by atoms with van der Waals surface area (Å²) in [6.45, 7) is 21.7. The van der Waals surface area contributed by atoms with E-state index in [-0.39, 0.29) is 5.41 Å². The number of aromatic nitrogens is 1. The summed E-state index contributed by atoms with van der Waals surface area (Å²) < 4.78 is 0. The van der Waals surface area contributed by atoms with Crippen molar-refractivity contribution in [3.63, 3.8) is 0 Å². The van der Waals surface area contributed by atoms with E-state index in [1.165, 1.54) is 5.56 Å². The van der Waals surface area contributed by atoms with Gasteiger partial charge in [0.05, 0.1) is 0 Å². The molecule has 0 bridgehead atoms. The predicted octanol–water partition coefficient (Wildman–Crippen LogP) is 4.32. The summed E-state index contributed by atoms with van der Waals surface area (Å²) in [4.78, 5) is 9.77. The van der Waals surface area contributed by atoms with Gasteiger partial charge in [0.1, 0.15) is 5.82 Å². The summed E-state index contributed by atoms with van der Waals surface area (Å²) >= 11 is 0. The lowest BCUT2D eigenvalue weighted by molar-refractivity contribution is 0.0880. The first-order valence-electron chi connectivity index (χ1n) is 8.94. The first-order chi connectivity index (χ1) is 10.5. The molecule has 2 atom stereocenters. The molecule has 130 valence electrons. The lowest BCUT2D eigenvalue weighted by Crippen LogP contribution is -2.58. The van der Waals surface area contributed by atoms with Crippen LogP contribution in [-0.4, -0.2) is 41.6 Å². The second-order valence-electron chi connectivity index (χ2n) is 9.49. The van der Waals surface area contributed by atoms with Gasteiger partial charge in [0.2, 0.25) is 0 Å². The Balaban J connectivity index is 2.16. The summed E-state index contributed by atoms with van der Waals surface area (Å²) in [7, 11) is 0. The molecule has 0 saturated carbocycles. The standard InChI is InChI=1S/C20H35N3/c1-15-12-22(13-16(2)23(15)14-19(3,4)5)18-11-17(9-10-21-18)20(6,7)8/h9-11,15-16H,12-14H2,1-8H3/t15-,16+. The van der Waals surface area contributed by atoms with Crippen LogP contribution < -0.4 is 4.90 Å². The van der Waals surface area contributed by atoms with Crippen LogP contribution in [0.5, 0.6) is 0 Å². The van der Waals surface area contributed by atoms with Gasteiger partial charge < -0.3 is 4.90 Å². The SMILES string of the molecule is C[C@@H]1CN(c2cc(C(C)(C)C)ccn2)C[C@H](C)N1CC(C)(C)C. The van der Waals surface area contributed by atoms with Gasteiger partial charge in [-0.3, -0.25) is 4.90 Å². The van der Waals surface area contributed by atoms with Crippen LogP contribution in [0.25, 0.3) is 0 Å². The molecule has 1 aliphatic rings. The van der Waals surface area contributed by atoms with E-state index in [9.17, 15) is 0 Å². The molecule has 1 saturated heterocycles. The van der Waals surface area contributed by atoms with Crippen molar-refractivity contribution in [3.8, 4) is 0 Å². The van der Waals surface area contributed by atoms with Crippen molar-refractivity contribution in [1.82, 2.24) is 9.88 Å². The van der Waals surface area contributed by atoms with Crippen molar-refractivity contribution in [3.05, 3.63) is 23.9 Å². The van der Waals surface area contributed by atoms with Gasteiger partial charge >= 0.3 is 0 Å². The summed E-state index contributed by atoms with van der Waals surface area (Å²) in [5.41, 5.74) is 1.87. The largest absolute Gasteiger partial charge is 0.353 e. The zero-order valence-corrected chi connectivity index (χ0v) is 16.3. The average molecular weight is 318 g/mol. The minimum atomic E-state index is 0.170. The molecular weight excluding hydrogens is 282 g/mol. The van der Waals surface area contributed by atoms with Crippen LogP contribution in [0.4, 0.5) is 5.82 Å². The van der Waals surface area contributed by atoms with E-state index in [0.29, 0.717) is 17.5 Å². The van der Waals surface area contributed by atoms with Gasteiger partial charge in [-0.1, -0.05) is 41.5 Å². The predicted molar refractivity (Wildman–Crippen MR) is 100 cm³/mol. The highest BCUT2D eigenvalue weighted by Gasteiger charge is 2.32. The molecule has 0 radical (unpaired) electrons. The zero-order chi connectivity index (χ0) is 17.4. The monoisotopic (exact) mass is 317 g/mol. The quantitative estimate of drug-likeness (QED) is 0.809.